The minimum absolute atomic E-state index is 0.00780. The molecule has 0 unspecified atom stereocenters. The van der Waals surface area contributed by atoms with Gasteiger partial charge in [-0.2, -0.15) is 5.10 Å². The number of carbonyl (C=O) groups excluding carboxylic acids is 1. The first-order valence-corrected chi connectivity index (χ1v) is 7.19. The molecule has 0 fully saturated rings. The van der Waals surface area contributed by atoms with Gasteiger partial charge in [-0.1, -0.05) is 18.2 Å². The van der Waals surface area contributed by atoms with E-state index in [1.54, 1.807) is 6.20 Å². The third-order valence-electron chi connectivity index (χ3n) is 3.17. The fourth-order valence-electron chi connectivity index (χ4n) is 2.20. The first-order chi connectivity index (χ1) is 10.1. The highest BCUT2D eigenvalue weighted by Gasteiger charge is 2.13. The number of nitrogens with one attached hydrogen (secondary N) is 2. The Morgan fingerprint density at radius 1 is 1.24 bits per heavy atom. The molecule has 1 heterocycles. The van der Waals surface area contributed by atoms with Crippen LogP contribution < -0.4 is 10.6 Å². The maximum Gasteiger partial charge on any atom is 0.234 e. The SMILES string of the molecule is CC(C)NC(=O)CN[C@H](C)c1ccccc1-n1cccn1. The van der Waals surface area contributed by atoms with Gasteiger partial charge in [0.2, 0.25) is 5.91 Å². The van der Waals surface area contributed by atoms with Gasteiger partial charge in [0.25, 0.3) is 0 Å². The van der Waals surface area contributed by atoms with E-state index >= 15 is 0 Å². The van der Waals surface area contributed by atoms with Crippen LogP contribution >= 0.6 is 0 Å². The molecule has 5 nitrogen and oxygen atoms in total. The molecule has 0 bridgehead atoms. The van der Waals surface area contributed by atoms with Crippen LogP contribution in [0.5, 0.6) is 0 Å². The Balaban J connectivity index is 2.06. The van der Waals surface area contributed by atoms with Gasteiger partial charge in [-0.25, -0.2) is 4.68 Å². The van der Waals surface area contributed by atoms with Crippen LogP contribution in [0.25, 0.3) is 5.69 Å². The predicted molar refractivity (Wildman–Crippen MR) is 83.3 cm³/mol. The molecule has 0 radical (unpaired) electrons. The van der Waals surface area contributed by atoms with E-state index in [1.807, 2.05) is 55.9 Å². The molecule has 1 aromatic carbocycles. The predicted octanol–water partition coefficient (Wildman–Crippen LogP) is 2.05. The summed E-state index contributed by atoms with van der Waals surface area (Å²) in [5.74, 6) is 0.00780. The molecule has 0 spiro atoms. The second-order valence-corrected chi connectivity index (χ2v) is 5.33. The fraction of sp³-hybridized carbons (Fsp3) is 0.375. The Hall–Kier alpha value is -2.14. The van der Waals surface area contributed by atoms with E-state index in [-0.39, 0.29) is 18.0 Å². The topological polar surface area (TPSA) is 59.0 Å². The lowest BCUT2D eigenvalue weighted by molar-refractivity contribution is -0.120. The van der Waals surface area contributed by atoms with E-state index in [1.165, 1.54) is 0 Å². The molecule has 0 saturated carbocycles. The molecule has 21 heavy (non-hydrogen) atoms. The molecule has 0 aliphatic carbocycles. The van der Waals surface area contributed by atoms with Crippen molar-refractivity contribution in [3.05, 3.63) is 48.3 Å². The number of aromatic nitrogens is 2. The number of amides is 1. The number of para-hydroxylation sites is 1. The molecule has 112 valence electrons. The summed E-state index contributed by atoms with van der Waals surface area (Å²) in [7, 11) is 0. The third kappa shape index (κ3) is 4.16. The molecule has 0 saturated heterocycles. The zero-order chi connectivity index (χ0) is 15.2. The number of hydrogen-bond donors (Lipinski definition) is 2. The zero-order valence-electron chi connectivity index (χ0n) is 12.7. The molecule has 2 N–H and O–H groups in total. The Kier molecular flexibility index (Phi) is 5.11. The minimum atomic E-state index is 0.00780. The summed E-state index contributed by atoms with van der Waals surface area (Å²) >= 11 is 0. The summed E-state index contributed by atoms with van der Waals surface area (Å²) in [6, 6.07) is 10.2. The second kappa shape index (κ2) is 7.04. The summed E-state index contributed by atoms with van der Waals surface area (Å²) in [5.41, 5.74) is 2.13. The van der Waals surface area contributed by atoms with Gasteiger partial charge >= 0.3 is 0 Å². The van der Waals surface area contributed by atoms with Crippen molar-refractivity contribution < 1.29 is 4.79 Å². The summed E-state index contributed by atoms with van der Waals surface area (Å²) in [6.07, 6.45) is 3.67. The van der Waals surface area contributed by atoms with Crippen molar-refractivity contribution in [2.24, 2.45) is 0 Å². The van der Waals surface area contributed by atoms with Gasteiger partial charge in [0.1, 0.15) is 0 Å². The van der Waals surface area contributed by atoms with Crippen LogP contribution in [0.2, 0.25) is 0 Å². The van der Waals surface area contributed by atoms with Crippen LogP contribution in [0.3, 0.4) is 0 Å². The highest BCUT2D eigenvalue weighted by Crippen LogP contribution is 2.20. The van der Waals surface area contributed by atoms with Crippen LogP contribution in [0.15, 0.2) is 42.7 Å². The first-order valence-electron chi connectivity index (χ1n) is 7.19. The maximum atomic E-state index is 11.7. The first kappa shape index (κ1) is 15.3. The molecular weight excluding hydrogens is 264 g/mol. The lowest BCUT2D eigenvalue weighted by Crippen LogP contribution is -2.38. The molecule has 1 amide bonds. The van der Waals surface area contributed by atoms with Crippen LogP contribution in [0.4, 0.5) is 0 Å². The summed E-state index contributed by atoms with van der Waals surface area (Å²) in [4.78, 5) is 11.7. The van der Waals surface area contributed by atoms with Gasteiger partial charge in [-0.05, 0) is 38.5 Å². The Bertz CT molecular complexity index is 578. The molecule has 1 atom stereocenters. The highest BCUT2D eigenvalue weighted by atomic mass is 16.1. The van der Waals surface area contributed by atoms with Crippen molar-refractivity contribution in [3.8, 4) is 5.69 Å². The van der Waals surface area contributed by atoms with Crippen molar-refractivity contribution in [2.45, 2.75) is 32.9 Å². The van der Waals surface area contributed by atoms with Crippen molar-refractivity contribution in [1.82, 2.24) is 20.4 Å². The fourth-order valence-corrected chi connectivity index (χ4v) is 2.20. The van der Waals surface area contributed by atoms with Crippen molar-refractivity contribution >= 4 is 5.91 Å². The summed E-state index contributed by atoms with van der Waals surface area (Å²) < 4.78 is 1.84. The second-order valence-electron chi connectivity index (χ2n) is 5.33. The van der Waals surface area contributed by atoms with Crippen LogP contribution in [0, 0.1) is 0 Å². The number of carbonyl (C=O) groups is 1. The van der Waals surface area contributed by atoms with Crippen molar-refractivity contribution in [1.29, 1.82) is 0 Å². The van der Waals surface area contributed by atoms with Crippen molar-refractivity contribution in [3.63, 3.8) is 0 Å². The Morgan fingerprint density at radius 2 is 2.00 bits per heavy atom. The number of nitrogens with zero attached hydrogens (tertiary/aromatic N) is 2. The Labute approximate surface area is 125 Å². The molecule has 2 aromatic rings. The largest absolute Gasteiger partial charge is 0.353 e. The molecule has 0 aliphatic heterocycles. The summed E-state index contributed by atoms with van der Waals surface area (Å²) in [5, 5.41) is 10.4. The minimum Gasteiger partial charge on any atom is -0.353 e. The average molecular weight is 286 g/mol. The van der Waals surface area contributed by atoms with Gasteiger partial charge in [0.15, 0.2) is 0 Å². The monoisotopic (exact) mass is 286 g/mol. The van der Waals surface area contributed by atoms with E-state index in [9.17, 15) is 4.79 Å². The maximum absolute atomic E-state index is 11.7. The number of benzene rings is 1. The van der Waals surface area contributed by atoms with Gasteiger partial charge in [0.05, 0.1) is 12.2 Å². The number of rotatable bonds is 6. The summed E-state index contributed by atoms with van der Waals surface area (Å²) in [6.45, 7) is 6.25. The van der Waals surface area contributed by atoms with Gasteiger partial charge in [0, 0.05) is 24.5 Å². The Morgan fingerprint density at radius 3 is 2.67 bits per heavy atom. The third-order valence-corrected chi connectivity index (χ3v) is 3.17. The van der Waals surface area contributed by atoms with E-state index < -0.39 is 0 Å². The van der Waals surface area contributed by atoms with E-state index in [0.717, 1.165) is 11.3 Å². The lowest BCUT2D eigenvalue weighted by Gasteiger charge is -2.18. The molecule has 5 heteroatoms. The van der Waals surface area contributed by atoms with Crippen LogP contribution in [0.1, 0.15) is 32.4 Å². The molecule has 2 rings (SSSR count). The molecule has 1 aromatic heterocycles. The zero-order valence-corrected chi connectivity index (χ0v) is 12.7. The quantitative estimate of drug-likeness (QED) is 0.854. The van der Waals surface area contributed by atoms with Gasteiger partial charge in [-0.15, -0.1) is 0 Å². The van der Waals surface area contributed by atoms with E-state index in [0.29, 0.717) is 6.54 Å². The van der Waals surface area contributed by atoms with Gasteiger partial charge < -0.3 is 10.6 Å². The number of hydrogen-bond acceptors (Lipinski definition) is 3. The average Bonchev–Trinajstić information content (AvgIpc) is 2.98. The lowest BCUT2D eigenvalue weighted by atomic mass is 10.1. The van der Waals surface area contributed by atoms with Crippen LogP contribution in [-0.2, 0) is 4.79 Å². The highest BCUT2D eigenvalue weighted by molar-refractivity contribution is 5.78. The van der Waals surface area contributed by atoms with Gasteiger partial charge in [-0.3, -0.25) is 4.79 Å². The van der Waals surface area contributed by atoms with E-state index in [4.69, 9.17) is 0 Å². The van der Waals surface area contributed by atoms with Crippen molar-refractivity contribution in [2.75, 3.05) is 6.54 Å². The standard InChI is InChI=1S/C16H22N4O/c1-12(2)19-16(21)11-17-13(3)14-7-4-5-8-15(14)20-10-6-9-18-20/h4-10,12-13,17H,11H2,1-3H3,(H,19,21)/t13-/m1/s1. The smallest absolute Gasteiger partial charge is 0.234 e. The van der Waals surface area contributed by atoms with Crippen LogP contribution in [-0.4, -0.2) is 28.3 Å². The molecular formula is C16H22N4O. The van der Waals surface area contributed by atoms with E-state index in [2.05, 4.69) is 21.8 Å². The molecule has 0 aliphatic rings. The normalized spacial score (nSPS) is 12.4.